The van der Waals surface area contributed by atoms with Gasteiger partial charge in [0.1, 0.15) is 5.82 Å². The van der Waals surface area contributed by atoms with E-state index in [-0.39, 0.29) is 11.9 Å². The third-order valence-electron chi connectivity index (χ3n) is 2.18. The van der Waals surface area contributed by atoms with E-state index in [2.05, 4.69) is 17.0 Å². The molecule has 0 aliphatic rings. The van der Waals surface area contributed by atoms with Crippen molar-refractivity contribution in [1.29, 1.82) is 0 Å². The Morgan fingerprint density at radius 2 is 2.47 bits per heavy atom. The lowest BCUT2D eigenvalue weighted by Crippen LogP contribution is -2.29. The average molecular weight is 209 g/mol. The van der Waals surface area contributed by atoms with Gasteiger partial charge in [0.25, 0.3) is 0 Å². The Kier molecular flexibility index (Phi) is 4.39. The molecule has 4 heteroatoms. The molecule has 0 spiro atoms. The van der Waals surface area contributed by atoms with Gasteiger partial charge in [0, 0.05) is 6.20 Å². The van der Waals surface area contributed by atoms with Gasteiger partial charge in [-0.15, -0.1) is 6.58 Å². The lowest BCUT2D eigenvalue weighted by atomic mass is 10.0. The van der Waals surface area contributed by atoms with E-state index in [1.54, 1.807) is 12.3 Å². The number of hydrogen-bond acceptors (Lipinski definition) is 3. The Labute approximate surface area is 89.2 Å². The van der Waals surface area contributed by atoms with E-state index in [9.17, 15) is 4.39 Å². The lowest BCUT2D eigenvalue weighted by molar-refractivity contribution is 0.471. The fourth-order valence-corrected chi connectivity index (χ4v) is 1.34. The molecule has 1 atom stereocenters. The van der Waals surface area contributed by atoms with Crippen LogP contribution in [0.4, 0.5) is 4.39 Å². The average Bonchev–Trinajstić information content (AvgIpc) is 2.21. The first-order valence-corrected chi connectivity index (χ1v) is 4.86. The highest BCUT2D eigenvalue weighted by molar-refractivity contribution is 5.11. The molecule has 15 heavy (non-hydrogen) atoms. The molecule has 3 nitrogen and oxygen atoms in total. The third-order valence-corrected chi connectivity index (χ3v) is 2.18. The highest BCUT2D eigenvalue weighted by Gasteiger charge is 2.14. The molecule has 0 bridgehead atoms. The zero-order chi connectivity index (χ0) is 11.3. The van der Waals surface area contributed by atoms with Crippen molar-refractivity contribution >= 4 is 0 Å². The predicted molar refractivity (Wildman–Crippen MR) is 58.3 cm³/mol. The number of nitrogens with two attached hydrogens (primary N) is 1. The number of hydrazine groups is 1. The Morgan fingerprint density at radius 3 is 3.00 bits per heavy atom. The van der Waals surface area contributed by atoms with Crippen molar-refractivity contribution in [3.63, 3.8) is 0 Å². The number of pyridine rings is 1. The number of halogens is 1. The number of nitrogens with zero attached hydrogens (tertiary/aromatic N) is 1. The monoisotopic (exact) mass is 209 g/mol. The Bertz CT molecular complexity index is 338. The molecule has 0 fully saturated rings. The molecule has 1 aromatic heterocycles. The second-order valence-electron chi connectivity index (χ2n) is 3.59. The second kappa shape index (κ2) is 5.58. The molecular formula is C11H16FN3. The van der Waals surface area contributed by atoms with Gasteiger partial charge in [0.2, 0.25) is 0 Å². The van der Waals surface area contributed by atoms with Crippen LogP contribution in [0.5, 0.6) is 0 Å². The number of nitrogens with one attached hydrogen (secondary N) is 1. The molecule has 3 N–H and O–H groups in total. The zero-order valence-electron chi connectivity index (χ0n) is 8.83. The molecule has 0 aliphatic carbocycles. The Hall–Kier alpha value is -1.26. The minimum Gasteiger partial charge on any atom is -0.271 e. The van der Waals surface area contributed by atoms with Gasteiger partial charge in [0.15, 0.2) is 0 Å². The smallest absolute Gasteiger partial charge is 0.146 e. The maximum atomic E-state index is 13.4. The van der Waals surface area contributed by atoms with Crippen molar-refractivity contribution < 1.29 is 4.39 Å². The molecule has 1 heterocycles. The minimum absolute atomic E-state index is 0.261. The molecule has 0 amide bonds. The van der Waals surface area contributed by atoms with Gasteiger partial charge in [-0.3, -0.25) is 16.3 Å². The fourth-order valence-electron chi connectivity index (χ4n) is 1.34. The third kappa shape index (κ3) is 3.42. The van der Waals surface area contributed by atoms with Crippen LogP contribution in [0.15, 0.2) is 30.5 Å². The summed E-state index contributed by atoms with van der Waals surface area (Å²) in [6, 6.07) is 2.68. The van der Waals surface area contributed by atoms with Crippen LogP contribution in [0.1, 0.15) is 31.5 Å². The summed E-state index contributed by atoms with van der Waals surface area (Å²) in [5, 5.41) is 0. The Balaban J connectivity index is 2.74. The number of aromatic nitrogens is 1. The highest BCUT2D eigenvalue weighted by Crippen LogP contribution is 2.19. The van der Waals surface area contributed by atoms with Gasteiger partial charge in [0.05, 0.1) is 11.7 Å². The largest absolute Gasteiger partial charge is 0.271 e. The van der Waals surface area contributed by atoms with Gasteiger partial charge in [-0.05, 0) is 31.9 Å². The van der Waals surface area contributed by atoms with E-state index in [0.29, 0.717) is 12.1 Å². The molecule has 1 unspecified atom stereocenters. The molecule has 0 aromatic carbocycles. The van der Waals surface area contributed by atoms with Crippen LogP contribution in [0.2, 0.25) is 0 Å². The maximum Gasteiger partial charge on any atom is 0.146 e. The van der Waals surface area contributed by atoms with E-state index in [1.165, 1.54) is 6.07 Å². The second-order valence-corrected chi connectivity index (χ2v) is 3.59. The molecule has 0 saturated carbocycles. The minimum atomic E-state index is -0.331. The van der Waals surface area contributed by atoms with Crippen LogP contribution in [0.3, 0.4) is 0 Å². The summed E-state index contributed by atoms with van der Waals surface area (Å²) >= 11 is 0. The van der Waals surface area contributed by atoms with Gasteiger partial charge in [-0.25, -0.2) is 4.39 Å². The fraction of sp³-hybridized carbons (Fsp3) is 0.364. The summed E-state index contributed by atoms with van der Waals surface area (Å²) in [7, 11) is 0. The standard InChI is InChI=1S/C11H16FN3/c1-8(2)5-6-10(15-13)11-9(12)4-3-7-14-11/h3-4,7,10,15H,1,5-6,13H2,2H3. The first-order chi connectivity index (χ1) is 7.15. The van der Waals surface area contributed by atoms with Crippen molar-refractivity contribution in [2.75, 3.05) is 0 Å². The normalized spacial score (nSPS) is 12.5. The highest BCUT2D eigenvalue weighted by atomic mass is 19.1. The Morgan fingerprint density at radius 1 is 1.73 bits per heavy atom. The van der Waals surface area contributed by atoms with Crippen LogP contribution in [0, 0.1) is 5.82 Å². The van der Waals surface area contributed by atoms with Crippen LogP contribution < -0.4 is 11.3 Å². The number of allylic oxidation sites excluding steroid dienone is 1. The van der Waals surface area contributed by atoms with Crippen molar-refractivity contribution in [1.82, 2.24) is 10.4 Å². The molecule has 1 aromatic rings. The number of hydrogen-bond donors (Lipinski definition) is 2. The van der Waals surface area contributed by atoms with Crippen LogP contribution >= 0.6 is 0 Å². The van der Waals surface area contributed by atoms with Crippen LogP contribution in [0.25, 0.3) is 0 Å². The quantitative estimate of drug-likeness (QED) is 0.443. The zero-order valence-corrected chi connectivity index (χ0v) is 8.83. The number of rotatable bonds is 5. The molecule has 0 aliphatic heterocycles. The SMILES string of the molecule is C=C(C)CCC(NN)c1ncccc1F. The van der Waals surface area contributed by atoms with Crippen molar-refractivity contribution in [3.8, 4) is 0 Å². The lowest BCUT2D eigenvalue weighted by Gasteiger charge is -2.15. The first-order valence-electron chi connectivity index (χ1n) is 4.86. The molecule has 0 saturated heterocycles. The van der Waals surface area contributed by atoms with Crippen LogP contribution in [-0.4, -0.2) is 4.98 Å². The van der Waals surface area contributed by atoms with Crippen molar-refractivity contribution in [2.24, 2.45) is 5.84 Å². The van der Waals surface area contributed by atoms with Crippen LogP contribution in [-0.2, 0) is 0 Å². The van der Waals surface area contributed by atoms with Gasteiger partial charge < -0.3 is 0 Å². The topological polar surface area (TPSA) is 50.9 Å². The molecular weight excluding hydrogens is 193 g/mol. The van der Waals surface area contributed by atoms with E-state index >= 15 is 0 Å². The van der Waals surface area contributed by atoms with E-state index < -0.39 is 0 Å². The molecule has 0 radical (unpaired) electrons. The summed E-state index contributed by atoms with van der Waals surface area (Å²) < 4.78 is 13.4. The van der Waals surface area contributed by atoms with E-state index in [0.717, 1.165) is 12.0 Å². The summed E-state index contributed by atoms with van der Waals surface area (Å²) in [6.07, 6.45) is 3.05. The van der Waals surface area contributed by atoms with Crippen molar-refractivity contribution in [2.45, 2.75) is 25.8 Å². The van der Waals surface area contributed by atoms with Gasteiger partial charge in [-0.1, -0.05) is 5.57 Å². The van der Waals surface area contributed by atoms with Crippen molar-refractivity contribution in [3.05, 3.63) is 42.0 Å². The summed E-state index contributed by atoms with van der Waals surface area (Å²) in [4.78, 5) is 3.98. The summed E-state index contributed by atoms with van der Waals surface area (Å²) in [5.74, 6) is 5.04. The molecule has 1 rings (SSSR count). The summed E-state index contributed by atoms with van der Waals surface area (Å²) in [6.45, 7) is 5.73. The van der Waals surface area contributed by atoms with E-state index in [4.69, 9.17) is 5.84 Å². The van der Waals surface area contributed by atoms with E-state index in [1.807, 2.05) is 6.92 Å². The summed E-state index contributed by atoms with van der Waals surface area (Å²) in [5.41, 5.74) is 3.98. The molecule has 82 valence electrons. The first kappa shape index (κ1) is 11.8. The van der Waals surface area contributed by atoms with Gasteiger partial charge in [-0.2, -0.15) is 0 Å². The van der Waals surface area contributed by atoms with Gasteiger partial charge >= 0.3 is 0 Å². The maximum absolute atomic E-state index is 13.4. The predicted octanol–water partition coefficient (Wildman–Crippen LogP) is 2.08.